The van der Waals surface area contributed by atoms with Crippen molar-refractivity contribution in [2.45, 2.75) is 31.7 Å². The summed E-state index contributed by atoms with van der Waals surface area (Å²) in [6.45, 7) is -0.201. The van der Waals surface area contributed by atoms with Crippen LogP contribution in [0, 0.1) is 5.82 Å². The molecule has 1 saturated heterocycles. The lowest BCUT2D eigenvalue weighted by Crippen LogP contribution is -2.38. The van der Waals surface area contributed by atoms with Gasteiger partial charge in [-0.1, -0.05) is 6.07 Å². The van der Waals surface area contributed by atoms with Crippen LogP contribution in [0.3, 0.4) is 0 Å². The molecule has 1 atom stereocenters. The number of anilines is 3. The van der Waals surface area contributed by atoms with Crippen molar-refractivity contribution in [3.05, 3.63) is 60.9 Å². The molecule has 3 aromatic heterocycles. The Bertz CT molecular complexity index is 1460. The van der Waals surface area contributed by atoms with Gasteiger partial charge in [-0.3, -0.25) is 4.68 Å². The van der Waals surface area contributed by atoms with Crippen LogP contribution in [0.5, 0.6) is 5.75 Å². The molecule has 4 aromatic rings. The summed E-state index contributed by atoms with van der Waals surface area (Å²) in [5.41, 5.74) is 1.82. The zero-order chi connectivity index (χ0) is 27.6. The van der Waals surface area contributed by atoms with Crippen molar-refractivity contribution in [2.75, 3.05) is 30.4 Å². The molecule has 0 radical (unpaired) electrons. The van der Waals surface area contributed by atoms with E-state index in [0.29, 0.717) is 48.0 Å². The summed E-state index contributed by atoms with van der Waals surface area (Å²) in [5, 5.41) is 17.2. The number of nitrogens with zero attached hydrogens (tertiary/aromatic N) is 6. The summed E-state index contributed by atoms with van der Waals surface area (Å²) in [6, 6.07) is 7.76. The highest BCUT2D eigenvalue weighted by Gasteiger charge is 2.29. The number of benzene rings is 1. The van der Waals surface area contributed by atoms with Gasteiger partial charge >= 0.3 is 6.18 Å². The summed E-state index contributed by atoms with van der Waals surface area (Å²) < 4.78 is 59.3. The van der Waals surface area contributed by atoms with Gasteiger partial charge in [0.1, 0.15) is 29.7 Å². The number of halogens is 4. The van der Waals surface area contributed by atoms with Crippen LogP contribution in [0.4, 0.5) is 34.9 Å². The molecule has 1 aromatic carbocycles. The Balaban J connectivity index is 1.48. The molecule has 0 amide bonds. The molecule has 1 aliphatic rings. The molecule has 2 N–H and O–H groups in total. The summed E-state index contributed by atoms with van der Waals surface area (Å²) in [6.07, 6.45) is 2.16. The first-order valence-electron chi connectivity index (χ1n) is 12.2. The minimum Gasteiger partial charge on any atom is -0.496 e. The van der Waals surface area contributed by atoms with Gasteiger partial charge in [0.2, 0.25) is 0 Å². The lowest BCUT2D eigenvalue weighted by molar-refractivity contribution is -0.142. The van der Waals surface area contributed by atoms with E-state index in [4.69, 9.17) is 4.74 Å². The van der Waals surface area contributed by atoms with Crippen LogP contribution >= 0.6 is 0 Å². The fourth-order valence-electron chi connectivity index (χ4n) is 4.51. The number of ether oxygens (including phenoxy) is 1. The van der Waals surface area contributed by atoms with Gasteiger partial charge < -0.3 is 20.1 Å². The normalized spacial score (nSPS) is 15.8. The van der Waals surface area contributed by atoms with E-state index in [1.54, 1.807) is 18.2 Å². The third-order valence-electron chi connectivity index (χ3n) is 6.24. The Hall–Kier alpha value is -4.26. The van der Waals surface area contributed by atoms with E-state index < -0.39 is 24.6 Å². The monoisotopic (exact) mass is 543 g/mol. The van der Waals surface area contributed by atoms with Gasteiger partial charge in [-0.25, -0.2) is 19.3 Å². The lowest BCUT2D eigenvalue weighted by Gasteiger charge is -2.33. The van der Waals surface area contributed by atoms with Gasteiger partial charge in [-0.15, -0.1) is 0 Å². The highest BCUT2D eigenvalue weighted by atomic mass is 19.4. The van der Waals surface area contributed by atoms with E-state index in [-0.39, 0.29) is 17.1 Å². The van der Waals surface area contributed by atoms with E-state index in [0.717, 1.165) is 11.1 Å². The average Bonchev–Trinajstić information content (AvgIpc) is 3.35. The third-order valence-corrected chi connectivity index (χ3v) is 6.24. The van der Waals surface area contributed by atoms with E-state index in [1.807, 2.05) is 4.90 Å². The van der Waals surface area contributed by atoms with Gasteiger partial charge in [0.25, 0.3) is 0 Å². The molecule has 5 rings (SSSR count). The number of rotatable bonds is 7. The van der Waals surface area contributed by atoms with Crippen molar-refractivity contribution in [1.29, 1.82) is 0 Å². The van der Waals surface area contributed by atoms with Crippen molar-refractivity contribution in [3.8, 4) is 28.3 Å². The first kappa shape index (κ1) is 26.4. The van der Waals surface area contributed by atoms with Crippen molar-refractivity contribution in [1.82, 2.24) is 24.7 Å². The Labute approximate surface area is 221 Å². The smallest absolute Gasteiger partial charge is 0.408 e. The minimum absolute atomic E-state index is 0.114. The van der Waals surface area contributed by atoms with Crippen LogP contribution in [0.15, 0.2) is 55.1 Å². The number of pyridine rings is 1. The second-order valence-corrected chi connectivity index (χ2v) is 9.08. The number of nitrogens with one attached hydrogen (secondary N) is 1. The second kappa shape index (κ2) is 10.8. The number of aliphatic hydroxyl groups excluding tert-OH is 1. The van der Waals surface area contributed by atoms with Crippen LogP contribution in [0.25, 0.3) is 22.5 Å². The third kappa shape index (κ3) is 6.08. The van der Waals surface area contributed by atoms with Crippen LogP contribution in [-0.4, -0.2) is 62.3 Å². The number of β-amino-alcohol motifs (C(OH)–C–C–N with tert-alkyl or cyclic N) is 1. The highest BCUT2D eigenvalue weighted by Crippen LogP contribution is 2.35. The molecular weight excluding hydrogens is 518 g/mol. The average molecular weight is 544 g/mol. The maximum absolute atomic E-state index is 14.6. The van der Waals surface area contributed by atoms with Crippen LogP contribution < -0.4 is 15.0 Å². The topological polar surface area (TPSA) is 101 Å². The molecule has 1 fully saturated rings. The fraction of sp³-hybridized carbons (Fsp3) is 0.308. The molecule has 0 spiro atoms. The molecular formula is C26H25F4N7O2. The quantitative estimate of drug-likeness (QED) is 0.320. The number of aliphatic hydroxyl groups is 1. The predicted molar refractivity (Wildman–Crippen MR) is 136 cm³/mol. The van der Waals surface area contributed by atoms with Gasteiger partial charge in [-0.2, -0.15) is 18.3 Å². The Morgan fingerprint density at radius 3 is 2.77 bits per heavy atom. The fourth-order valence-corrected chi connectivity index (χ4v) is 4.51. The number of hydrogen-bond donors (Lipinski definition) is 2. The van der Waals surface area contributed by atoms with E-state index >= 15 is 0 Å². The molecule has 1 aliphatic heterocycles. The minimum atomic E-state index is -4.40. The highest BCUT2D eigenvalue weighted by molar-refractivity contribution is 5.80. The summed E-state index contributed by atoms with van der Waals surface area (Å²) in [4.78, 5) is 15.0. The molecule has 39 heavy (non-hydrogen) atoms. The number of hydrogen-bond acceptors (Lipinski definition) is 8. The van der Waals surface area contributed by atoms with Gasteiger partial charge in [0, 0.05) is 48.9 Å². The Morgan fingerprint density at radius 1 is 1.15 bits per heavy atom. The Morgan fingerprint density at radius 2 is 2.00 bits per heavy atom. The van der Waals surface area contributed by atoms with Gasteiger partial charge in [0.15, 0.2) is 5.82 Å². The summed E-state index contributed by atoms with van der Waals surface area (Å²) >= 11 is 0. The number of alkyl halides is 3. The number of methoxy groups -OCH3 is 1. The van der Waals surface area contributed by atoms with Crippen molar-refractivity contribution in [3.63, 3.8) is 0 Å². The molecule has 0 aliphatic carbocycles. The molecule has 0 bridgehead atoms. The maximum Gasteiger partial charge on any atom is 0.408 e. The molecule has 9 nitrogen and oxygen atoms in total. The van der Waals surface area contributed by atoms with Crippen LogP contribution in [-0.2, 0) is 6.54 Å². The molecule has 0 saturated carbocycles. The predicted octanol–water partition coefficient (Wildman–Crippen LogP) is 4.82. The van der Waals surface area contributed by atoms with E-state index in [2.05, 4.69) is 25.4 Å². The molecule has 13 heteroatoms. The summed E-state index contributed by atoms with van der Waals surface area (Å²) in [5.74, 6) is 0.593. The van der Waals surface area contributed by atoms with Crippen LogP contribution in [0.1, 0.15) is 12.8 Å². The SMILES string of the molecule is COc1cccc(F)c1-c1nccc(Nc2cc(N3CCC[C@H](O)C3)c(-c3cnn(CC(F)(F)F)c3)cn2)n1. The van der Waals surface area contributed by atoms with E-state index in [9.17, 15) is 22.7 Å². The number of aromatic nitrogens is 5. The first-order valence-corrected chi connectivity index (χ1v) is 12.2. The molecule has 4 heterocycles. The van der Waals surface area contributed by atoms with Gasteiger partial charge in [-0.05, 0) is 31.0 Å². The van der Waals surface area contributed by atoms with Crippen molar-refractivity contribution in [2.24, 2.45) is 0 Å². The standard InChI is InChI=1S/C26H25F4N7O2/c1-39-21-6-2-5-19(27)24(21)25-31-8-7-22(35-25)34-23-10-20(36-9-3-4-17(38)14-36)18(12-32-23)16-11-33-37(13-16)15-26(28,29)30/h2,5-8,10-13,17,38H,3-4,9,14-15H2,1H3,(H,31,32,34,35)/t17-/m0/s1. The Kier molecular flexibility index (Phi) is 7.33. The second-order valence-electron chi connectivity index (χ2n) is 9.08. The lowest BCUT2D eigenvalue weighted by atomic mass is 10.0. The maximum atomic E-state index is 14.6. The molecule has 0 unspecified atom stereocenters. The summed E-state index contributed by atoms with van der Waals surface area (Å²) in [7, 11) is 1.43. The number of piperidine rings is 1. The largest absolute Gasteiger partial charge is 0.496 e. The zero-order valence-electron chi connectivity index (χ0n) is 20.9. The molecule has 204 valence electrons. The van der Waals surface area contributed by atoms with Crippen molar-refractivity contribution < 1.29 is 27.4 Å². The van der Waals surface area contributed by atoms with Crippen molar-refractivity contribution >= 4 is 17.3 Å². The van der Waals surface area contributed by atoms with E-state index in [1.165, 1.54) is 44.0 Å². The van der Waals surface area contributed by atoms with Gasteiger partial charge in [0.05, 0.1) is 30.7 Å². The zero-order valence-corrected chi connectivity index (χ0v) is 20.9. The van der Waals surface area contributed by atoms with Crippen LogP contribution in [0.2, 0.25) is 0 Å². The first-order chi connectivity index (χ1) is 18.7.